The van der Waals surface area contributed by atoms with Gasteiger partial charge in [-0.3, -0.25) is 9.10 Å². The van der Waals surface area contributed by atoms with Crippen LogP contribution in [0.3, 0.4) is 0 Å². The van der Waals surface area contributed by atoms with Gasteiger partial charge in [0, 0.05) is 24.1 Å². The molecule has 0 bridgehead atoms. The van der Waals surface area contributed by atoms with Crippen molar-refractivity contribution in [1.82, 2.24) is 5.32 Å². The van der Waals surface area contributed by atoms with Crippen molar-refractivity contribution in [1.29, 1.82) is 0 Å². The lowest BCUT2D eigenvalue weighted by molar-refractivity contribution is 0.0227. The van der Waals surface area contributed by atoms with Crippen LogP contribution in [0.4, 0.5) is 5.69 Å². The Hall–Kier alpha value is -2.54. The topological polar surface area (TPSA) is 75.7 Å². The Labute approximate surface area is 185 Å². The third-order valence-electron chi connectivity index (χ3n) is 6.20. The molecule has 2 aromatic carbocycles. The molecule has 1 amide bonds. The molecule has 31 heavy (non-hydrogen) atoms. The van der Waals surface area contributed by atoms with Crippen molar-refractivity contribution >= 4 is 21.6 Å². The SMILES string of the molecule is CCN(c1ccc(C(=O)NC2CC(CC)(CC)Oc3ccccc32)cc1)S(=O)(=O)CC. The first-order valence-electron chi connectivity index (χ1n) is 11.0. The molecule has 7 heteroatoms. The minimum absolute atomic E-state index is 0.0306. The maximum atomic E-state index is 13.0. The molecular weight excluding hydrogens is 412 g/mol. The van der Waals surface area contributed by atoms with E-state index in [-0.39, 0.29) is 23.3 Å². The average Bonchev–Trinajstić information content (AvgIpc) is 2.79. The van der Waals surface area contributed by atoms with Crippen molar-refractivity contribution in [3.05, 3.63) is 59.7 Å². The van der Waals surface area contributed by atoms with Gasteiger partial charge in [-0.25, -0.2) is 8.42 Å². The normalized spacial score (nSPS) is 17.4. The summed E-state index contributed by atoms with van der Waals surface area (Å²) in [5, 5.41) is 3.17. The molecule has 168 valence electrons. The average molecular weight is 445 g/mol. The minimum atomic E-state index is -3.35. The number of rotatable bonds is 8. The molecule has 1 N–H and O–H groups in total. The fraction of sp³-hybridized carbons (Fsp3) is 0.458. The van der Waals surface area contributed by atoms with Gasteiger partial charge in [0.1, 0.15) is 11.4 Å². The highest BCUT2D eigenvalue weighted by Crippen LogP contribution is 2.42. The number of benzene rings is 2. The van der Waals surface area contributed by atoms with Crippen molar-refractivity contribution in [3.8, 4) is 5.75 Å². The quantitative estimate of drug-likeness (QED) is 0.642. The number of carbonyl (C=O) groups is 1. The summed E-state index contributed by atoms with van der Waals surface area (Å²) in [5.41, 5.74) is 1.74. The number of ether oxygens (including phenoxy) is 1. The third kappa shape index (κ3) is 4.71. The lowest BCUT2D eigenvalue weighted by atomic mass is 9.83. The zero-order chi connectivity index (χ0) is 22.6. The number of carbonyl (C=O) groups excluding carboxylic acids is 1. The van der Waals surface area contributed by atoms with E-state index in [1.807, 2.05) is 24.3 Å². The first-order valence-corrected chi connectivity index (χ1v) is 12.6. The highest BCUT2D eigenvalue weighted by molar-refractivity contribution is 7.92. The fourth-order valence-electron chi connectivity index (χ4n) is 4.15. The van der Waals surface area contributed by atoms with E-state index in [1.165, 1.54) is 4.31 Å². The van der Waals surface area contributed by atoms with E-state index in [2.05, 4.69) is 19.2 Å². The van der Waals surface area contributed by atoms with E-state index >= 15 is 0 Å². The Bertz CT molecular complexity index is 1010. The summed E-state index contributed by atoms with van der Waals surface area (Å²) < 4.78 is 32.2. The van der Waals surface area contributed by atoms with Crippen LogP contribution in [0, 0.1) is 0 Å². The smallest absolute Gasteiger partial charge is 0.251 e. The number of para-hydroxylation sites is 1. The summed E-state index contributed by atoms with van der Waals surface area (Å²) in [5.74, 6) is 0.667. The number of sulfonamides is 1. The fourth-order valence-corrected chi connectivity index (χ4v) is 5.29. The van der Waals surface area contributed by atoms with Gasteiger partial charge in [0.25, 0.3) is 5.91 Å². The number of nitrogens with one attached hydrogen (secondary N) is 1. The van der Waals surface area contributed by atoms with Gasteiger partial charge in [0.05, 0.1) is 17.5 Å². The zero-order valence-electron chi connectivity index (χ0n) is 18.7. The molecule has 2 aromatic rings. The zero-order valence-corrected chi connectivity index (χ0v) is 19.5. The maximum Gasteiger partial charge on any atom is 0.251 e. The van der Waals surface area contributed by atoms with Crippen LogP contribution < -0.4 is 14.4 Å². The van der Waals surface area contributed by atoms with E-state index < -0.39 is 10.0 Å². The molecule has 1 atom stereocenters. The van der Waals surface area contributed by atoms with Crippen molar-refractivity contribution in [2.24, 2.45) is 0 Å². The molecule has 1 heterocycles. The molecule has 3 rings (SSSR count). The van der Waals surface area contributed by atoms with E-state index in [1.54, 1.807) is 38.1 Å². The predicted octanol–water partition coefficient (Wildman–Crippen LogP) is 4.68. The van der Waals surface area contributed by atoms with Gasteiger partial charge in [-0.2, -0.15) is 0 Å². The second-order valence-corrected chi connectivity index (χ2v) is 10.1. The second-order valence-electron chi connectivity index (χ2n) is 7.87. The molecule has 0 fully saturated rings. The highest BCUT2D eigenvalue weighted by atomic mass is 32.2. The van der Waals surface area contributed by atoms with Crippen LogP contribution in [-0.4, -0.2) is 32.2 Å². The lowest BCUT2D eigenvalue weighted by Gasteiger charge is -2.41. The largest absolute Gasteiger partial charge is 0.487 e. The second kappa shape index (κ2) is 9.30. The molecule has 6 nitrogen and oxygen atoms in total. The molecule has 0 aliphatic carbocycles. The predicted molar refractivity (Wildman–Crippen MR) is 124 cm³/mol. The van der Waals surface area contributed by atoms with Gasteiger partial charge >= 0.3 is 0 Å². The maximum absolute atomic E-state index is 13.0. The van der Waals surface area contributed by atoms with Gasteiger partial charge in [-0.05, 0) is 57.0 Å². The van der Waals surface area contributed by atoms with Gasteiger partial charge in [0.15, 0.2) is 0 Å². The number of fused-ring (bicyclic) bond motifs is 1. The van der Waals surface area contributed by atoms with Crippen LogP contribution in [0.25, 0.3) is 0 Å². The number of hydrogen-bond donors (Lipinski definition) is 1. The number of amides is 1. The molecule has 0 aromatic heterocycles. The Morgan fingerprint density at radius 1 is 1.06 bits per heavy atom. The van der Waals surface area contributed by atoms with Crippen LogP contribution in [0.1, 0.15) is 68.9 Å². The monoisotopic (exact) mass is 444 g/mol. The molecule has 1 unspecified atom stereocenters. The summed E-state index contributed by atoms with van der Waals surface area (Å²) in [6, 6.07) is 14.4. The summed E-state index contributed by atoms with van der Waals surface area (Å²) in [4.78, 5) is 13.0. The van der Waals surface area contributed by atoms with Crippen molar-refractivity contribution in [2.45, 2.75) is 58.6 Å². The summed E-state index contributed by atoms with van der Waals surface area (Å²) in [6.07, 6.45) is 2.43. The summed E-state index contributed by atoms with van der Waals surface area (Å²) in [6.45, 7) is 7.98. The van der Waals surface area contributed by atoms with E-state index in [0.717, 1.165) is 24.2 Å². The minimum Gasteiger partial charge on any atom is -0.487 e. The Morgan fingerprint density at radius 2 is 1.71 bits per heavy atom. The Kier molecular flexibility index (Phi) is 6.94. The first kappa shape index (κ1) is 23.1. The van der Waals surface area contributed by atoms with Crippen LogP contribution in [0.5, 0.6) is 5.75 Å². The summed E-state index contributed by atoms with van der Waals surface area (Å²) in [7, 11) is -3.35. The van der Waals surface area contributed by atoms with Gasteiger partial charge in [0.2, 0.25) is 10.0 Å². The van der Waals surface area contributed by atoms with Crippen molar-refractivity contribution < 1.29 is 17.9 Å². The molecular formula is C24H32N2O4S. The summed E-state index contributed by atoms with van der Waals surface area (Å²) >= 11 is 0. The standard InChI is InChI=1S/C24H32N2O4S/c1-5-24(6-2)17-21(20-11-9-10-12-22(20)30-24)25-23(27)18-13-15-19(16-14-18)26(7-3)31(28,29)8-4/h9-16,21H,5-8,17H2,1-4H3,(H,25,27). The van der Waals surface area contributed by atoms with Crippen LogP contribution in [0.15, 0.2) is 48.5 Å². The van der Waals surface area contributed by atoms with Crippen molar-refractivity contribution in [3.63, 3.8) is 0 Å². The Balaban J connectivity index is 1.83. The van der Waals surface area contributed by atoms with E-state index in [9.17, 15) is 13.2 Å². The number of nitrogens with zero attached hydrogens (tertiary/aromatic N) is 1. The van der Waals surface area contributed by atoms with Gasteiger partial charge in [-0.1, -0.05) is 32.0 Å². The van der Waals surface area contributed by atoms with Crippen molar-refractivity contribution in [2.75, 3.05) is 16.6 Å². The first-order chi connectivity index (χ1) is 14.8. The van der Waals surface area contributed by atoms with E-state index in [4.69, 9.17) is 4.74 Å². The highest BCUT2D eigenvalue weighted by Gasteiger charge is 2.39. The van der Waals surface area contributed by atoms with Gasteiger partial charge in [-0.15, -0.1) is 0 Å². The molecule has 1 aliphatic rings. The molecule has 0 saturated carbocycles. The number of hydrogen-bond acceptors (Lipinski definition) is 4. The molecule has 0 radical (unpaired) electrons. The molecule has 0 saturated heterocycles. The molecule has 1 aliphatic heterocycles. The van der Waals surface area contributed by atoms with Crippen LogP contribution in [-0.2, 0) is 10.0 Å². The Morgan fingerprint density at radius 3 is 2.29 bits per heavy atom. The number of anilines is 1. The molecule has 0 spiro atoms. The lowest BCUT2D eigenvalue weighted by Crippen LogP contribution is -2.44. The van der Waals surface area contributed by atoms with Crippen LogP contribution in [0.2, 0.25) is 0 Å². The van der Waals surface area contributed by atoms with E-state index in [0.29, 0.717) is 24.2 Å². The van der Waals surface area contributed by atoms with Gasteiger partial charge < -0.3 is 10.1 Å². The third-order valence-corrected chi connectivity index (χ3v) is 8.07. The van der Waals surface area contributed by atoms with Crippen LogP contribution >= 0.6 is 0 Å².